The monoisotopic (exact) mass is 314 g/mol. The average Bonchev–Trinajstić information content (AvgIpc) is 3.21. The number of nitrogens with zero attached hydrogens (tertiary/aromatic N) is 2. The van der Waals surface area contributed by atoms with Crippen LogP contribution in [0.25, 0.3) is 0 Å². The van der Waals surface area contributed by atoms with Gasteiger partial charge >= 0.3 is 0 Å². The zero-order valence-corrected chi connectivity index (χ0v) is 13.2. The van der Waals surface area contributed by atoms with Gasteiger partial charge in [0.2, 0.25) is 0 Å². The Hall–Kier alpha value is -1.88. The first-order valence-electron chi connectivity index (χ1n) is 8.53. The first-order valence-corrected chi connectivity index (χ1v) is 8.53. The predicted octanol–water partition coefficient (Wildman–Crippen LogP) is 2.67. The number of oxime groups is 1. The number of hydrogen-bond donors (Lipinski definition) is 0. The van der Waals surface area contributed by atoms with Gasteiger partial charge in [0.05, 0.1) is 12.1 Å². The first kappa shape index (κ1) is 14.7. The number of ether oxygens (including phenoxy) is 1. The van der Waals surface area contributed by atoms with E-state index in [1.807, 2.05) is 35.2 Å². The van der Waals surface area contributed by atoms with Gasteiger partial charge in [0.1, 0.15) is 5.71 Å². The molecule has 1 aromatic carbocycles. The molecular weight excluding hydrogens is 292 g/mol. The van der Waals surface area contributed by atoms with E-state index in [-0.39, 0.29) is 24.2 Å². The largest absolute Gasteiger partial charge is 0.387 e. The van der Waals surface area contributed by atoms with Crippen LogP contribution < -0.4 is 0 Å². The molecule has 3 atom stereocenters. The highest BCUT2D eigenvalue weighted by atomic mass is 16.6. The van der Waals surface area contributed by atoms with Crippen LogP contribution in [0.4, 0.5) is 0 Å². The number of hydrogen-bond acceptors (Lipinski definition) is 4. The van der Waals surface area contributed by atoms with Crippen LogP contribution in [0.1, 0.15) is 43.8 Å². The van der Waals surface area contributed by atoms with Crippen LogP contribution in [-0.4, -0.2) is 41.8 Å². The van der Waals surface area contributed by atoms with E-state index in [0.717, 1.165) is 44.4 Å². The van der Waals surface area contributed by atoms with Gasteiger partial charge in [-0.2, -0.15) is 0 Å². The number of benzene rings is 1. The van der Waals surface area contributed by atoms with Gasteiger partial charge in [0, 0.05) is 19.6 Å². The van der Waals surface area contributed by atoms with E-state index in [1.165, 1.54) is 0 Å². The van der Waals surface area contributed by atoms with E-state index < -0.39 is 0 Å². The summed E-state index contributed by atoms with van der Waals surface area (Å²) in [5, 5.41) is 4.10. The van der Waals surface area contributed by atoms with Crippen molar-refractivity contribution < 1.29 is 14.4 Å². The topological polar surface area (TPSA) is 51.1 Å². The third-order valence-electron chi connectivity index (χ3n) is 5.04. The van der Waals surface area contributed by atoms with Gasteiger partial charge in [0.15, 0.2) is 6.10 Å². The fourth-order valence-corrected chi connectivity index (χ4v) is 3.86. The summed E-state index contributed by atoms with van der Waals surface area (Å²) >= 11 is 0. The second-order valence-electron chi connectivity index (χ2n) is 6.51. The Morgan fingerprint density at radius 2 is 2.04 bits per heavy atom. The molecule has 2 heterocycles. The second kappa shape index (κ2) is 6.32. The quantitative estimate of drug-likeness (QED) is 0.843. The molecule has 0 aromatic heterocycles. The van der Waals surface area contributed by atoms with E-state index in [4.69, 9.17) is 9.57 Å². The molecule has 0 spiro atoms. The van der Waals surface area contributed by atoms with E-state index in [1.54, 1.807) is 0 Å². The van der Waals surface area contributed by atoms with Gasteiger partial charge in [-0.05, 0) is 31.2 Å². The number of amides is 1. The summed E-state index contributed by atoms with van der Waals surface area (Å²) in [4.78, 5) is 20.4. The Labute approximate surface area is 136 Å². The number of carbonyl (C=O) groups is 1. The summed E-state index contributed by atoms with van der Waals surface area (Å²) in [5.74, 6) is 0.0332. The van der Waals surface area contributed by atoms with Crippen molar-refractivity contribution in [2.24, 2.45) is 5.16 Å². The Kier molecular flexibility index (Phi) is 4.04. The summed E-state index contributed by atoms with van der Waals surface area (Å²) in [6, 6.07) is 10.2. The number of rotatable bonds is 2. The van der Waals surface area contributed by atoms with Gasteiger partial charge in [0.25, 0.3) is 5.91 Å². The lowest BCUT2D eigenvalue weighted by Crippen LogP contribution is -2.46. The van der Waals surface area contributed by atoms with Crippen LogP contribution in [0.3, 0.4) is 0 Å². The van der Waals surface area contributed by atoms with Crippen molar-refractivity contribution in [3.63, 3.8) is 0 Å². The van der Waals surface area contributed by atoms with Crippen molar-refractivity contribution >= 4 is 11.6 Å². The van der Waals surface area contributed by atoms with Crippen LogP contribution in [0.2, 0.25) is 0 Å². The van der Waals surface area contributed by atoms with Crippen LogP contribution in [0, 0.1) is 0 Å². The zero-order chi connectivity index (χ0) is 15.6. The smallest absolute Gasteiger partial charge is 0.272 e. The maximum absolute atomic E-state index is 12.9. The van der Waals surface area contributed by atoms with Crippen molar-refractivity contribution in [3.8, 4) is 0 Å². The molecule has 1 aliphatic carbocycles. The zero-order valence-electron chi connectivity index (χ0n) is 13.2. The molecule has 5 heteroatoms. The molecule has 3 aliphatic rings. The third kappa shape index (κ3) is 2.85. The molecule has 0 N–H and O–H groups in total. The van der Waals surface area contributed by atoms with Crippen LogP contribution in [0.15, 0.2) is 35.5 Å². The Morgan fingerprint density at radius 3 is 2.91 bits per heavy atom. The van der Waals surface area contributed by atoms with E-state index >= 15 is 0 Å². The predicted molar refractivity (Wildman–Crippen MR) is 86.0 cm³/mol. The van der Waals surface area contributed by atoms with Crippen LogP contribution in [0.5, 0.6) is 0 Å². The molecule has 0 radical (unpaired) electrons. The maximum Gasteiger partial charge on any atom is 0.272 e. The fraction of sp³-hybridized carbons (Fsp3) is 0.556. The van der Waals surface area contributed by atoms with E-state index in [0.29, 0.717) is 12.1 Å². The summed E-state index contributed by atoms with van der Waals surface area (Å²) in [5.41, 5.74) is 1.61. The van der Waals surface area contributed by atoms with Crippen molar-refractivity contribution in [3.05, 3.63) is 35.9 Å². The summed E-state index contributed by atoms with van der Waals surface area (Å²) in [6.45, 7) is 1.51. The molecule has 2 aliphatic heterocycles. The lowest BCUT2D eigenvalue weighted by Gasteiger charge is -2.29. The number of carbonyl (C=O) groups excluding carboxylic acids is 1. The van der Waals surface area contributed by atoms with Crippen LogP contribution >= 0.6 is 0 Å². The molecule has 23 heavy (non-hydrogen) atoms. The molecule has 0 bridgehead atoms. The highest BCUT2D eigenvalue weighted by Gasteiger charge is 2.40. The third-order valence-corrected chi connectivity index (χ3v) is 5.04. The molecular formula is C18H22N2O3. The van der Waals surface area contributed by atoms with Gasteiger partial charge in [-0.3, -0.25) is 4.79 Å². The molecule has 0 unspecified atom stereocenters. The normalized spacial score (nSPS) is 30.3. The molecule has 5 nitrogen and oxygen atoms in total. The standard InChI is InChI=1S/C18H22N2O3/c21-18(20-10-5-11-22-16-9-4-8-15(16)20)14-12-17(23-19-14)13-6-2-1-3-7-13/h1-3,6-7,15-17H,4-5,8-12H2/t15-,16-,17-/m0/s1. The van der Waals surface area contributed by atoms with Gasteiger partial charge in [-0.15, -0.1) is 0 Å². The molecule has 1 saturated carbocycles. The minimum absolute atomic E-state index is 0.0332. The molecule has 4 rings (SSSR count). The van der Waals surface area contributed by atoms with Crippen molar-refractivity contribution in [2.45, 2.75) is 50.4 Å². The van der Waals surface area contributed by atoms with Gasteiger partial charge < -0.3 is 14.5 Å². The summed E-state index contributed by atoms with van der Waals surface area (Å²) in [7, 11) is 0. The van der Waals surface area contributed by atoms with Crippen molar-refractivity contribution in [1.29, 1.82) is 0 Å². The SMILES string of the molecule is O=C(C1=NO[C@H](c2ccccc2)C1)N1CCCO[C@H]2CCC[C@@H]21. The lowest BCUT2D eigenvalue weighted by atomic mass is 10.0. The second-order valence-corrected chi connectivity index (χ2v) is 6.51. The Bertz CT molecular complexity index is 602. The van der Waals surface area contributed by atoms with Gasteiger partial charge in [-0.25, -0.2) is 0 Å². The van der Waals surface area contributed by atoms with E-state index in [9.17, 15) is 4.79 Å². The molecule has 1 aromatic rings. The summed E-state index contributed by atoms with van der Waals surface area (Å²) < 4.78 is 5.90. The van der Waals surface area contributed by atoms with Crippen molar-refractivity contribution in [2.75, 3.05) is 13.2 Å². The summed E-state index contributed by atoms with van der Waals surface area (Å²) in [6.07, 6.45) is 4.74. The molecule has 122 valence electrons. The van der Waals surface area contributed by atoms with Crippen LogP contribution in [-0.2, 0) is 14.4 Å². The first-order chi connectivity index (χ1) is 11.3. The Morgan fingerprint density at radius 1 is 1.17 bits per heavy atom. The molecule has 1 saturated heterocycles. The highest BCUT2D eigenvalue weighted by molar-refractivity contribution is 6.39. The van der Waals surface area contributed by atoms with E-state index in [2.05, 4.69) is 5.16 Å². The van der Waals surface area contributed by atoms with Crippen molar-refractivity contribution in [1.82, 2.24) is 4.90 Å². The lowest BCUT2D eigenvalue weighted by molar-refractivity contribution is -0.127. The Balaban J connectivity index is 1.46. The minimum Gasteiger partial charge on any atom is -0.387 e. The fourth-order valence-electron chi connectivity index (χ4n) is 3.86. The highest BCUT2D eigenvalue weighted by Crippen LogP contribution is 2.32. The van der Waals surface area contributed by atoms with Gasteiger partial charge in [-0.1, -0.05) is 35.5 Å². The molecule has 2 fully saturated rings. The average molecular weight is 314 g/mol. The maximum atomic E-state index is 12.9. The number of fused-ring (bicyclic) bond motifs is 1. The molecule has 1 amide bonds. The minimum atomic E-state index is -0.141.